The van der Waals surface area contributed by atoms with E-state index in [0.717, 1.165) is 18.8 Å². The molecule has 3 heteroatoms. The molecule has 0 N–H and O–H groups in total. The standard InChI is InChI=1S/C11H14N2O/c1-9-3-2-5-12-11(9)8-13-6-4-10(14)7-13/h2-3,5H,4,6-8H2,1H3. The number of rotatable bonds is 2. The summed E-state index contributed by atoms with van der Waals surface area (Å²) in [5, 5.41) is 0. The highest BCUT2D eigenvalue weighted by Crippen LogP contribution is 2.11. The highest BCUT2D eigenvalue weighted by atomic mass is 16.1. The first-order valence-electron chi connectivity index (χ1n) is 4.90. The first-order chi connectivity index (χ1) is 6.75. The van der Waals surface area contributed by atoms with Crippen molar-refractivity contribution in [3.8, 4) is 0 Å². The number of carbonyl (C=O) groups excluding carboxylic acids is 1. The van der Waals surface area contributed by atoms with Crippen molar-refractivity contribution >= 4 is 5.78 Å². The van der Waals surface area contributed by atoms with Gasteiger partial charge in [-0.25, -0.2) is 0 Å². The highest BCUT2D eigenvalue weighted by molar-refractivity contribution is 5.82. The van der Waals surface area contributed by atoms with Gasteiger partial charge < -0.3 is 0 Å². The van der Waals surface area contributed by atoms with E-state index >= 15 is 0 Å². The molecule has 0 atom stereocenters. The molecule has 1 aliphatic heterocycles. The number of hydrogen-bond acceptors (Lipinski definition) is 3. The number of carbonyl (C=O) groups is 1. The Morgan fingerprint density at radius 2 is 2.43 bits per heavy atom. The second kappa shape index (κ2) is 3.88. The summed E-state index contributed by atoms with van der Waals surface area (Å²) < 4.78 is 0. The Kier molecular flexibility index (Phi) is 2.59. The lowest BCUT2D eigenvalue weighted by atomic mass is 10.2. The van der Waals surface area contributed by atoms with Crippen LogP contribution in [-0.2, 0) is 11.3 Å². The van der Waals surface area contributed by atoms with Gasteiger partial charge in [-0.3, -0.25) is 14.7 Å². The van der Waals surface area contributed by atoms with E-state index < -0.39 is 0 Å². The molecule has 74 valence electrons. The molecule has 14 heavy (non-hydrogen) atoms. The molecule has 0 saturated carbocycles. The third-order valence-electron chi connectivity index (χ3n) is 2.60. The van der Waals surface area contributed by atoms with Crippen LogP contribution < -0.4 is 0 Å². The molecule has 0 spiro atoms. The number of aryl methyl sites for hydroxylation is 1. The predicted molar refractivity (Wildman–Crippen MR) is 53.9 cm³/mol. The predicted octanol–water partition coefficient (Wildman–Crippen LogP) is 1.16. The topological polar surface area (TPSA) is 33.2 Å². The number of Topliss-reactive ketones (excluding diaryl/α,β-unsaturated/α-hetero) is 1. The molecule has 0 bridgehead atoms. The van der Waals surface area contributed by atoms with Crippen molar-refractivity contribution in [2.45, 2.75) is 19.9 Å². The number of likely N-dealkylation sites (tertiary alicyclic amines) is 1. The molecule has 0 aliphatic carbocycles. The van der Waals surface area contributed by atoms with Gasteiger partial charge in [0.15, 0.2) is 0 Å². The SMILES string of the molecule is Cc1cccnc1CN1CCC(=O)C1. The molecule has 2 rings (SSSR count). The van der Waals surface area contributed by atoms with Gasteiger partial charge in [-0.2, -0.15) is 0 Å². The van der Waals surface area contributed by atoms with E-state index in [0.29, 0.717) is 18.7 Å². The second-order valence-electron chi connectivity index (χ2n) is 3.77. The van der Waals surface area contributed by atoms with E-state index in [1.807, 2.05) is 6.07 Å². The van der Waals surface area contributed by atoms with Crippen LogP contribution in [0.1, 0.15) is 17.7 Å². The van der Waals surface area contributed by atoms with Gasteiger partial charge in [-0.15, -0.1) is 0 Å². The highest BCUT2D eigenvalue weighted by Gasteiger charge is 2.19. The lowest BCUT2D eigenvalue weighted by Crippen LogP contribution is -2.21. The van der Waals surface area contributed by atoms with Crippen molar-refractivity contribution in [2.75, 3.05) is 13.1 Å². The molecule has 3 nitrogen and oxygen atoms in total. The number of nitrogens with zero attached hydrogens (tertiary/aromatic N) is 2. The van der Waals surface area contributed by atoms with E-state index in [-0.39, 0.29) is 0 Å². The van der Waals surface area contributed by atoms with E-state index in [9.17, 15) is 4.79 Å². The normalized spacial score (nSPS) is 17.6. The summed E-state index contributed by atoms with van der Waals surface area (Å²) in [6.45, 7) is 4.34. The fourth-order valence-corrected chi connectivity index (χ4v) is 1.72. The summed E-state index contributed by atoms with van der Waals surface area (Å²) in [6, 6.07) is 3.99. The summed E-state index contributed by atoms with van der Waals surface area (Å²) >= 11 is 0. The smallest absolute Gasteiger partial charge is 0.148 e. The molecule has 2 heterocycles. The van der Waals surface area contributed by atoms with E-state index in [1.54, 1.807) is 6.20 Å². The molecule has 1 aliphatic rings. The molecule has 0 radical (unpaired) electrons. The van der Waals surface area contributed by atoms with Gasteiger partial charge >= 0.3 is 0 Å². The van der Waals surface area contributed by atoms with Crippen LogP contribution in [0.25, 0.3) is 0 Å². The average molecular weight is 190 g/mol. The summed E-state index contributed by atoms with van der Waals surface area (Å²) in [4.78, 5) is 17.5. The lowest BCUT2D eigenvalue weighted by Gasteiger charge is -2.13. The number of pyridine rings is 1. The zero-order valence-electron chi connectivity index (χ0n) is 8.36. The van der Waals surface area contributed by atoms with E-state index in [4.69, 9.17) is 0 Å². The fraction of sp³-hybridized carbons (Fsp3) is 0.455. The minimum Gasteiger partial charge on any atom is -0.298 e. The Labute approximate surface area is 83.8 Å². The third kappa shape index (κ3) is 1.99. The monoisotopic (exact) mass is 190 g/mol. The maximum Gasteiger partial charge on any atom is 0.148 e. The molecule has 1 saturated heterocycles. The molecule has 0 unspecified atom stereocenters. The Morgan fingerprint density at radius 3 is 3.07 bits per heavy atom. The van der Waals surface area contributed by atoms with Crippen LogP contribution in [0.3, 0.4) is 0 Å². The van der Waals surface area contributed by atoms with Crippen molar-refractivity contribution in [1.82, 2.24) is 9.88 Å². The molecular weight excluding hydrogens is 176 g/mol. The van der Waals surface area contributed by atoms with Crippen LogP contribution in [-0.4, -0.2) is 28.8 Å². The van der Waals surface area contributed by atoms with Gasteiger partial charge in [-0.1, -0.05) is 6.07 Å². The largest absolute Gasteiger partial charge is 0.298 e. The Balaban J connectivity index is 2.04. The maximum atomic E-state index is 11.1. The van der Waals surface area contributed by atoms with Gasteiger partial charge in [0.25, 0.3) is 0 Å². The van der Waals surface area contributed by atoms with Crippen molar-refractivity contribution in [3.05, 3.63) is 29.6 Å². The summed E-state index contributed by atoms with van der Waals surface area (Å²) in [5.74, 6) is 0.346. The van der Waals surface area contributed by atoms with Crippen LogP contribution in [0.4, 0.5) is 0 Å². The van der Waals surface area contributed by atoms with Crippen LogP contribution in [0.5, 0.6) is 0 Å². The quantitative estimate of drug-likeness (QED) is 0.701. The third-order valence-corrected chi connectivity index (χ3v) is 2.60. The van der Waals surface area contributed by atoms with Crippen LogP contribution in [0.2, 0.25) is 0 Å². The molecule has 1 fully saturated rings. The zero-order valence-corrected chi connectivity index (χ0v) is 8.36. The van der Waals surface area contributed by atoms with Crippen molar-refractivity contribution in [2.24, 2.45) is 0 Å². The minimum absolute atomic E-state index is 0.346. The van der Waals surface area contributed by atoms with Crippen LogP contribution >= 0.6 is 0 Å². The van der Waals surface area contributed by atoms with Gasteiger partial charge in [0.1, 0.15) is 5.78 Å². The molecule has 0 amide bonds. The summed E-state index contributed by atoms with van der Waals surface area (Å²) in [5.41, 5.74) is 2.29. The Morgan fingerprint density at radius 1 is 1.57 bits per heavy atom. The Bertz CT molecular complexity index is 349. The van der Waals surface area contributed by atoms with Gasteiger partial charge in [0, 0.05) is 25.7 Å². The first kappa shape index (κ1) is 9.34. The maximum absolute atomic E-state index is 11.1. The van der Waals surface area contributed by atoms with Crippen molar-refractivity contribution in [1.29, 1.82) is 0 Å². The first-order valence-corrected chi connectivity index (χ1v) is 4.90. The summed E-state index contributed by atoms with van der Waals surface area (Å²) in [6.07, 6.45) is 2.51. The van der Waals surface area contributed by atoms with E-state index in [1.165, 1.54) is 5.56 Å². The van der Waals surface area contributed by atoms with Gasteiger partial charge in [0.05, 0.1) is 12.2 Å². The van der Waals surface area contributed by atoms with Crippen molar-refractivity contribution < 1.29 is 4.79 Å². The summed E-state index contributed by atoms with van der Waals surface area (Å²) in [7, 11) is 0. The van der Waals surface area contributed by atoms with Gasteiger partial charge in [-0.05, 0) is 18.6 Å². The fourth-order valence-electron chi connectivity index (χ4n) is 1.72. The number of aromatic nitrogens is 1. The number of hydrogen-bond donors (Lipinski definition) is 0. The second-order valence-corrected chi connectivity index (χ2v) is 3.77. The molecule has 0 aromatic carbocycles. The van der Waals surface area contributed by atoms with E-state index in [2.05, 4.69) is 22.9 Å². The van der Waals surface area contributed by atoms with Crippen LogP contribution in [0.15, 0.2) is 18.3 Å². The van der Waals surface area contributed by atoms with Crippen LogP contribution in [0, 0.1) is 6.92 Å². The number of ketones is 1. The average Bonchev–Trinajstić information content (AvgIpc) is 2.56. The van der Waals surface area contributed by atoms with Gasteiger partial charge in [0.2, 0.25) is 0 Å². The molecule has 1 aromatic heterocycles. The van der Waals surface area contributed by atoms with Crippen molar-refractivity contribution in [3.63, 3.8) is 0 Å². The molecule has 1 aromatic rings. The Hall–Kier alpha value is -1.22. The zero-order chi connectivity index (χ0) is 9.97. The minimum atomic E-state index is 0.346. The lowest BCUT2D eigenvalue weighted by molar-refractivity contribution is -0.116. The molecular formula is C11H14N2O.